The third kappa shape index (κ3) is 3.97. The van der Waals surface area contributed by atoms with E-state index in [4.69, 9.17) is 11.6 Å². The van der Waals surface area contributed by atoms with Crippen LogP contribution in [0.3, 0.4) is 0 Å². The van der Waals surface area contributed by atoms with E-state index < -0.39 is 0 Å². The second-order valence-corrected chi connectivity index (χ2v) is 7.02. The van der Waals surface area contributed by atoms with Gasteiger partial charge in [0.15, 0.2) is 0 Å². The van der Waals surface area contributed by atoms with E-state index in [0.717, 1.165) is 37.5 Å². The van der Waals surface area contributed by atoms with Crippen LogP contribution >= 0.6 is 11.6 Å². The van der Waals surface area contributed by atoms with Gasteiger partial charge in [-0.25, -0.2) is 4.98 Å². The highest BCUT2D eigenvalue weighted by Crippen LogP contribution is 2.26. The molecule has 0 aliphatic carbocycles. The van der Waals surface area contributed by atoms with Gasteiger partial charge in [0.1, 0.15) is 5.15 Å². The minimum atomic E-state index is 0.0865. The Balaban J connectivity index is 2.11. The zero-order valence-corrected chi connectivity index (χ0v) is 14.2. The number of pyridine rings is 1. The normalized spacial score (nSPS) is 16.8. The van der Waals surface area contributed by atoms with Crippen molar-refractivity contribution in [1.82, 2.24) is 9.88 Å². The van der Waals surface area contributed by atoms with Gasteiger partial charge in [-0.05, 0) is 42.7 Å². The fourth-order valence-corrected chi connectivity index (χ4v) is 3.10. The van der Waals surface area contributed by atoms with Crippen molar-refractivity contribution in [1.29, 1.82) is 0 Å². The number of carbonyl (C=O) groups excluding carboxylic acids is 1. The molecule has 0 bridgehead atoms. The van der Waals surface area contributed by atoms with Crippen LogP contribution in [0.5, 0.6) is 0 Å². The molecule has 0 aromatic carbocycles. The number of carbonyl (C=O) groups is 1. The Morgan fingerprint density at radius 3 is 2.38 bits per heavy atom. The summed E-state index contributed by atoms with van der Waals surface area (Å²) in [5, 5.41) is 0.404. The van der Waals surface area contributed by atoms with Crippen molar-refractivity contribution >= 4 is 17.5 Å². The van der Waals surface area contributed by atoms with Gasteiger partial charge < -0.3 is 4.90 Å². The van der Waals surface area contributed by atoms with Crippen LogP contribution in [0.1, 0.15) is 62.5 Å². The van der Waals surface area contributed by atoms with E-state index in [2.05, 4.69) is 32.7 Å². The lowest BCUT2D eigenvalue weighted by Gasteiger charge is -2.34. The van der Waals surface area contributed by atoms with Gasteiger partial charge >= 0.3 is 0 Å². The quantitative estimate of drug-likeness (QED) is 0.777. The van der Waals surface area contributed by atoms with Crippen molar-refractivity contribution in [3.63, 3.8) is 0 Å². The summed E-state index contributed by atoms with van der Waals surface area (Å²) in [6.07, 6.45) is 2.19. The lowest BCUT2D eigenvalue weighted by molar-refractivity contribution is 0.0667. The van der Waals surface area contributed by atoms with Crippen LogP contribution in [0.2, 0.25) is 5.15 Å². The molecular formula is C17H25ClN2O. The average molecular weight is 309 g/mol. The first-order chi connectivity index (χ1) is 9.88. The molecule has 1 fully saturated rings. The summed E-state index contributed by atoms with van der Waals surface area (Å²) in [6.45, 7) is 10.3. The second kappa shape index (κ2) is 6.78. The van der Waals surface area contributed by atoms with Gasteiger partial charge in [-0.15, -0.1) is 0 Å². The molecule has 1 aliphatic heterocycles. The number of hydrogen-bond acceptors (Lipinski definition) is 2. The molecule has 0 saturated carbocycles. The first-order valence-corrected chi connectivity index (χ1v) is 8.23. The molecule has 4 heteroatoms. The lowest BCUT2D eigenvalue weighted by atomic mass is 9.86. The Hall–Kier alpha value is -1.09. The molecule has 0 spiro atoms. The molecule has 1 aromatic rings. The molecule has 0 N–H and O–H groups in total. The van der Waals surface area contributed by atoms with Gasteiger partial charge in [-0.2, -0.15) is 0 Å². The summed E-state index contributed by atoms with van der Waals surface area (Å²) in [6, 6.07) is 3.57. The van der Waals surface area contributed by atoms with Crippen LogP contribution in [0.25, 0.3) is 0 Å². The van der Waals surface area contributed by atoms with Crippen molar-refractivity contribution in [3.05, 3.63) is 28.5 Å². The molecule has 1 aromatic heterocycles. The van der Waals surface area contributed by atoms with Gasteiger partial charge in [0.2, 0.25) is 0 Å². The molecule has 3 nitrogen and oxygen atoms in total. The van der Waals surface area contributed by atoms with Crippen LogP contribution in [0.15, 0.2) is 12.1 Å². The van der Waals surface area contributed by atoms with E-state index in [1.807, 2.05) is 11.0 Å². The van der Waals surface area contributed by atoms with Gasteiger partial charge in [-0.1, -0.05) is 39.3 Å². The van der Waals surface area contributed by atoms with Crippen molar-refractivity contribution < 1.29 is 4.79 Å². The van der Waals surface area contributed by atoms with Crippen molar-refractivity contribution in [2.45, 2.75) is 46.5 Å². The Bertz CT molecular complexity index is 506. The fourth-order valence-electron chi connectivity index (χ4n) is 2.89. The molecule has 0 atom stereocenters. The maximum Gasteiger partial charge on any atom is 0.254 e. The predicted molar refractivity (Wildman–Crippen MR) is 86.8 cm³/mol. The van der Waals surface area contributed by atoms with E-state index in [0.29, 0.717) is 16.6 Å². The van der Waals surface area contributed by atoms with Crippen LogP contribution in [0.4, 0.5) is 0 Å². The zero-order valence-electron chi connectivity index (χ0n) is 13.4. The van der Waals surface area contributed by atoms with E-state index in [-0.39, 0.29) is 11.8 Å². The van der Waals surface area contributed by atoms with Crippen LogP contribution in [-0.4, -0.2) is 28.9 Å². The summed E-state index contributed by atoms with van der Waals surface area (Å²) < 4.78 is 0. The summed E-state index contributed by atoms with van der Waals surface area (Å²) >= 11 is 6.06. The molecule has 1 aliphatic rings. The number of rotatable bonds is 3. The molecular weight excluding hydrogens is 284 g/mol. The Labute approximate surface area is 132 Å². The number of halogens is 1. The maximum atomic E-state index is 12.6. The summed E-state index contributed by atoms with van der Waals surface area (Å²) in [5.74, 6) is 1.79. The first kappa shape index (κ1) is 16.3. The number of piperidine rings is 1. The van der Waals surface area contributed by atoms with E-state index >= 15 is 0 Å². The van der Waals surface area contributed by atoms with Gasteiger partial charge in [0, 0.05) is 24.3 Å². The highest BCUT2D eigenvalue weighted by molar-refractivity contribution is 6.29. The van der Waals surface area contributed by atoms with Crippen molar-refractivity contribution in [3.8, 4) is 0 Å². The van der Waals surface area contributed by atoms with Gasteiger partial charge in [0.25, 0.3) is 5.91 Å². The van der Waals surface area contributed by atoms with E-state index in [1.54, 1.807) is 6.07 Å². The molecule has 2 heterocycles. The third-order valence-electron chi connectivity index (χ3n) is 4.42. The Morgan fingerprint density at radius 1 is 1.24 bits per heavy atom. The monoisotopic (exact) mass is 308 g/mol. The lowest BCUT2D eigenvalue weighted by Crippen LogP contribution is -2.39. The second-order valence-electron chi connectivity index (χ2n) is 6.63. The smallest absolute Gasteiger partial charge is 0.254 e. The predicted octanol–water partition coefficient (Wildman–Crippen LogP) is 4.37. The minimum absolute atomic E-state index is 0.0865. The largest absolute Gasteiger partial charge is 0.339 e. The number of likely N-dealkylation sites (tertiary alicyclic amines) is 1. The topological polar surface area (TPSA) is 33.2 Å². The summed E-state index contributed by atoms with van der Waals surface area (Å²) in [5.41, 5.74) is 1.55. The highest BCUT2D eigenvalue weighted by atomic mass is 35.5. The van der Waals surface area contributed by atoms with Crippen molar-refractivity contribution in [2.24, 2.45) is 11.8 Å². The maximum absolute atomic E-state index is 12.6. The van der Waals surface area contributed by atoms with Crippen LogP contribution in [-0.2, 0) is 0 Å². The highest BCUT2D eigenvalue weighted by Gasteiger charge is 2.25. The van der Waals surface area contributed by atoms with Gasteiger partial charge in [0.05, 0.1) is 0 Å². The number of nitrogens with zero attached hydrogens (tertiary/aromatic N) is 2. The summed E-state index contributed by atoms with van der Waals surface area (Å²) in [7, 11) is 0. The zero-order chi connectivity index (χ0) is 15.6. The van der Waals surface area contributed by atoms with Crippen LogP contribution < -0.4 is 0 Å². The van der Waals surface area contributed by atoms with E-state index in [9.17, 15) is 4.79 Å². The molecule has 1 amide bonds. The van der Waals surface area contributed by atoms with Crippen molar-refractivity contribution in [2.75, 3.05) is 13.1 Å². The minimum Gasteiger partial charge on any atom is -0.339 e. The molecule has 21 heavy (non-hydrogen) atoms. The first-order valence-electron chi connectivity index (χ1n) is 7.85. The fraction of sp³-hybridized carbons (Fsp3) is 0.647. The number of aromatic nitrogens is 1. The standard InChI is InChI=1S/C17H25ClN2O/c1-11(2)13-5-7-20(8-6-13)17(21)14-9-15(12(3)4)19-16(18)10-14/h9-13H,5-8H2,1-4H3. The SMILES string of the molecule is CC(C)c1cc(C(=O)N2CCC(C(C)C)CC2)cc(Cl)n1. The van der Waals surface area contributed by atoms with E-state index in [1.165, 1.54) is 0 Å². The number of amides is 1. The molecule has 0 unspecified atom stereocenters. The van der Waals surface area contributed by atoms with Gasteiger partial charge in [-0.3, -0.25) is 4.79 Å². The average Bonchev–Trinajstić information content (AvgIpc) is 2.45. The summed E-state index contributed by atoms with van der Waals surface area (Å²) in [4.78, 5) is 18.9. The molecule has 1 saturated heterocycles. The molecule has 2 rings (SSSR count). The Morgan fingerprint density at radius 2 is 1.86 bits per heavy atom. The number of hydrogen-bond donors (Lipinski definition) is 0. The van der Waals surface area contributed by atoms with Crippen LogP contribution in [0, 0.1) is 11.8 Å². The molecule has 0 radical (unpaired) electrons. The third-order valence-corrected chi connectivity index (χ3v) is 4.62. The molecule has 116 valence electrons. The Kier molecular flexibility index (Phi) is 5.26.